The second-order valence-corrected chi connectivity index (χ2v) is 6.15. The molecule has 0 aliphatic heterocycles. The fourth-order valence-corrected chi connectivity index (χ4v) is 2.71. The third kappa shape index (κ3) is 5.12. The van der Waals surface area contributed by atoms with Gasteiger partial charge in [-0.05, 0) is 18.4 Å². The van der Waals surface area contributed by atoms with Crippen LogP contribution in [0.1, 0.15) is 12.0 Å². The smallest absolute Gasteiger partial charge is 0.249 e. The Hall–Kier alpha value is -1.77. The molecule has 128 valence electrons. The molecule has 1 aromatic carbocycles. The van der Waals surface area contributed by atoms with Gasteiger partial charge >= 0.3 is 0 Å². The number of halogens is 2. The van der Waals surface area contributed by atoms with Gasteiger partial charge in [-0.1, -0.05) is 46.2 Å². The summed E-state index contributed by atoms with van der Waals surface area (Å²) in [5.41, 5.74) is 0.643. The molecule has 2 aromatic rings. The zero-order valence-corrected chi connectivity index (χ0v) is 15.3. The zero-order valence-electron chi connectivity index (χ0n) is 13.0. The highest BCUT2D eigenvalue weighted by Crippen LogP contribution is 2.24. The fraction of sp³-hybridized carbons (Fsp3) is 0.286. The van der Waals surface area contributed by atoms with Gasteiger partial charge in [0.15, 0.2) is 5.16 Å². The monoisotopic (exact) mass is 387 g/mol. The van der Waals surface area contributed by atoms with Crippen LogP contribution in [0.15, 0.2) is 28.5 Å². The summed E-state index contributed by atoms with van der Waals surface area (Å²) in [6.45, 7) is 0.121. The molecule has 10 heteroatoms. The Morgan fingerprint density at radius 3 is 2.79 bits per heavy atom. The number of carbonyl (C=O) groups excluding carboxylic acids is 1. The van der Waals surface area contributed by atoms with Crippen LogP contribution in [0.5, 0.6) is 0 Å². The summed E-state index contributed by atoms with van der Waals surface area (Å²) in [7, 11) is 1.75. The Morgan fingerprint density at radius 1 is 1.46 bits per heavy atom. The molecule has 0 aliphatic rings. The number of thioether (sulfide) groups is 1. The third-order valence-electron chi connectivity index (χ3n) is 2.85. The van der Waals surface area contributed by atoms with E-state index in [0.717, 1.165) is 0 Å². The standard InChI is InChI=1S/C14H15Cl2N5O2S/c1-21-14(24-2)19-13(20-21)18-12(22)6-7-17-23-8-9-10(15)4-3-5-11(9)16/h3-5,7H,6,8H2,1-2H3,(H,18,20,22). The summed E-state index contributed by atoms with van der Waals surface area (Å²) in [6, 6.07) is 5.17. The average molecular weight is 388 g/mol. The summed E-state index contributed by atoms with van der Waals surface area (Å²) < 4.78 is 1.59. The van der Waals surface area contributed by atoms with Gasteiger partial charge in [0.2, 0.25) is 11.9 Å². The minimum Gasteiger partial charge on any atom is -0.391 e. The fourth-order valence-electron chi connectivity index (χ4n) is 1.72. The molecule has 0 bridgehead atoms. The van der Waals surface area contributed by atoms with Crippen molar-refractivity contribution in [3.8, 4) is 0 Å². The van der Waals surface area contributed by atoms with E-state index >= 15 is 0 Å². The van der Waals surface area contributed by atoms with E-state index in [1.54, 1.807) is 29.9 Å². The number of anilines is 1. The molecule has 0 spiro atoms. The van der Waals surface area contributed by atoms with E-state index in [4.69, 9.17) is 28.0 Å². The average Bonchev–Trinajstić information content (AvgIpc) is 2.89. The Balaban J connectivity index is 1.78. The second kappa shape index (κ2) is 8.91. The molecule has 0 unspecified atom stereocenters. The van der Waals surface area contributed by atoms with Gasteiger partial charge in [0.25, 0.3) is 0 Å². The zero-order chi connectivity index (χ0) is 17.5. The highest BCUT2D eigenvalue weighted by atomic mass is 35.5. The molecule has 1 N–H and O–H groups in total. The molecule has 0 atom stereocenters. The third-order valence-corrected chi connectivity index (χ3v) is 4.28. The van der Waals surface area contributed by atoms with Crippen molar-refractivity contribution in [3.05, 3.63) is 33.8 Å². The normalized spacial score (nSPS) is 11.0. The van der Waals surface area contributed by atoms with E-state index in [1.807, 2.05) is 6.26 Å². The Bertz CT molecular complexity index is 731. The number of hydrogen-bond donors (Lipinski definition) is 1. The second-order valence-electron chi connectivity index (χ2n) is 4.56. The van der Waals surface area contributed by atoms with Crippen molar-refractivity contribution >= 4 is 53.0 Å². The molecule has 0 fully saturated rings. The molecule has 24 heavy (non-hydrogen) atoms. The summed E-state index contributed by atoms with van der Waals surface area (Å²) in [4.78, 5) is 21.0. The van der Waals surface area contributed by atoms with E-state index in [9.17, 15) is 4.79 Å². The maximum Gasteiger partial charge on any atom is 0.249 e. The molecule has 0 saturated heterocycles. The van der Waals surface area contributed by atoms with Gasteiger partial charge in [-0.25, -0.2) is 4.68 Å². The number of aryl methyl sites for hydroxylation is 1. The molecule has 1 heterocycles. The van der Waals surface area contributed by atoms with Crippen LogP contribution in [-0.2, 0) is 23.3 Å². The van der Waals surface area contributed by atoms with Crippen LogP contribution in [0.3, 0.4) is 0 Å². The van der Waals surface area contributed by atoms with Crippen molar-refractivity contribution in [3.63, 3.8) is 0 Å². The summed E-state index contributed by atoms with van der Waals surface area (Å²) in [5, 5.41) is 12.1. The number of oxime groups is 1. The van der Waals surface area contributed by atoms with Crippen LogP contribution < -0.4 is 5.32 Å². The number of nitrogens with zero attached hydrogens (tertiary/aromatic N) is 4. The van der Waals surface area contributed by atoms with Crippen molar-refractivity contribution in [1.29, 1.82) is 0 Å². The van der Waals surface area contributed by atoms with E-state index < -0.39 is 0 Å². The van der Waals surface area contributed by atoms with Crippen molar-refractivity contribution in [2.45, 2.75) is 18.2 Å². The first kappa shape index (κ1) is 18.6. The number of benzene rings is 1. The van der Waals surface area contributed by atoms with Crippen LogP contribution in [-0.4, -0.2) is 33.1 Å². The summed E-state index contributed by atoms with van der Waals surface area (Å²) >= 11 is 13.5. The van der Waals surface area contributed by atoms with Crippen molar-refractivity contribution in [2.24, 2.45) is 12.2 Å². The van der Waals surface area contributed by atoms with Gasteiger partial charge in [0.05, 0.1) is 12.6 Å². The number of rotatable bonds is 7. The maximum absolute atomic E-state index is 11.8. The van der Waals surface area contributed by atoms with Gasteiger partial charge in [-0.15, -0.1) is 5.10 Å². The van der Waals surface area contributed by atoms with Gasteiger partial charge in [0, 0.05) is 22.7 Å². The van der Waals surface area contributed by atoms with Crippen LogP contribution >= 0.6 is 35.0 Å². The lowest BCUT2D eigenvalue weighted by atomic mass is 10.2. The van der Waals surface area contributed by atoms with E-state index in [0.29, 0.717) is 20.8 Å². The highest BCUT2D eigenvalue weighted by Gasteiger charge is 2.09. The predicted octanol–water partition coefficient (Wildman–Crippen LogP) is 3.38. The molecule has 1 aromatic heterocycles. The summed E-state index contributed by atoms with van der Waals surface area (Å²) in [5.74, 6) is -0.0413. The van der Waals surface area contributed by atoms with Crippen molar-refractivity contribution in [2.75, 3.05) is 11.6 Å². The topological polar surface area (TPSA) is 81.4 Å². The first-order valence-corrected chi connectivity index (χ1v) is 8.81. The number of aromatic nitrogens is 3. The lowest BCUT2D eigenvalue weighted by molar-refractivity contribution is -0.115. The van der Waals surface area contributed by atoms with Crippen LogP contribution in [0.25, 0.3) is 0 Å². The minimum atomic E-state index is -0.295. The van der Waals surface area contributed by atoms with Gasteiger partial charge in [-0.2, -0.15) is 4.98 Å². The molecule has 0 aliphatic carbocycles. The molecule has 0 radical (unpaired) electrons. The first-order valence-electron chi connectivity index (χ1n) is 6.82. The number of nitrogens with one attached hydrogen (secondary N) is 1. The van der Waals surface area contributed by atoms with E-state index in [2.05, 4.69) is 20.6 Å². The van der Waals surface area contributed by atoms with Crippen LogP contribution in [0.4, 0.5) is 5.95 Å². The largest absolute Gasteiger partial charge is 0.391 e. The minimum absolute atomic E-state index is 0.0309. The molecular weight excluding hydrogens is 373 g/mol. The number of hydrogen-bond acceptors (Lipinski definition) is 6. The first-order chi connectivity index (χ1) is 11.5. The number of carbonyl (C=O) groups is 1. The van der Waals surface area contributed by atoms with Gasteiger partial charge < -0.3 is 4.84 Å². The molecular formula is C14H15Cl2N5O2S. The Morgan fingerprint density at radius 2 is 2.17 bits per heavy atom. The molecule has 1 amide bonds. The Kier molecular flexibility index (Phi) is 6.89. The predicted molar refractivity (Wildman–Crippen MR) is 95.8 cm³/mol. The van der Waals surface area contributed by atoms with Crippen molar-refractivity contribution < 1.29 is 9.63 Å². The van der Waals surface area contributed by atoms with E-state index in [-0.39, 0.29) is 24.9 Å². The highest BCUT2D eigenvalue weighted by molar-refractivity contribution is 7.98. The van der Waals surface area contributed by atoms with Crippen LogP contribution in [0, 0.1) is 0 Å². The van der Waals surface area contributed by atoms with Crippen LogP contribution in [0.2, 0.25) is 10.0 Å². The molecule has 0 saturated carbocycles. The van der Waals surface area contributed by atoms with Gasteiger partial charge in [0.1, 0.15) is 6.61 Å². The maximum atomic E-state index is 11.8. The molecule has 2 rings (SSSR count). The number of amides is 1. The van der Waals surface area contributed by atoms with Crippen molar-refractivity contribution in [1.82, 2.24) is 14.8 Å². The SMILES string of the molecule is CSc1nc(NC(=O)CC=NOCc2c(Cl)cccc2Cl)nn1C. The summed E-state index contributed by atoms with van der Waals surface area (Å²) in [6.07, 6.45) is 3.26. The van der Waals surface area contributed by atoms with Gasteiger partial charge in [-0.3, -0.25) is 10.1 Å². The quantitative estimate of drug-likeness (QED) is 0.447. The Labute approximate surface area is 153 Å². The molecule has 7 nitrogen and oxygen atoms in total. The van der Waals surface area contributed by atoms with E-state index in [1.165, 1.54) is 18.0 Å². The lowest BCUT2D eigenvalue weighted by Crippen LogP contribution is -2.13. The lowest BCUT2D eigenvalue weighted by Gasteiger charge is -2.04.